The number of rotatable bonds is 5. The van der Waals surface area contributed by atoms with Crippen LogP contribution < -0.4 is 24.8 Å². The number of methoxy groups -OCH3 is 3. The zero-order chi connectivity index (χ0) is 16.1. The maximum atomic E-state index is 12.6. The van der Waals surface area contributed by atoms with Crippen LogP contribution in [0.3, 0.4) is 0 Å². The maximum Gasteiger partial charge on any atom is 0.255 e. The first-order chi connectivity index (χ1) is 10.6. The molecule has 22 heavy (non-hydrogen) atoms. The number of hydrogen-bond donors (Lipinski definition) is 2. The van der Waals surface area contributed by atoms with E-state index in [1.54, 1.807) is 19.2 Å². The highest BCUT2D eigenvalue weighted by atomic mass is 16.5. The number of piperidine rings is 1. The van der Waals surface area contributed by atoms with Crippen molar-refractivity contribution in [2.75, 3.05) is 27.9 Å². The smallest absolute Gasteiger partial charge is 0.255 e. The molecule has 2 unspecified atom stereocenters. The van der Waals surface area contributed by atoms with Gasteiger partial charge in [0.25, 0.3) is 5.91 Å². The van der Waals surface area contributed by atoms with Gasteiger partial charge in [-0.15, -0.1) is 0 Å². The third-order valence-corrected chi connectivity index (χ3v) is 4.03. The summed E-state index contributed by atoms with van der Waals surface area (Å²) in [6.45, 7) is 3.07. The van der Waals surface area contributed by atoms with Crippen LogP contribution in [0.5, 0.6) is 17.2 Å². The summed E-state index contributed by atoms with van der Waals surface area (Å²) in [6.07, 6.45) is 2.02. The van der Waals surface area contributed by atoms with Gasteiger partial charge in [0.2, 0.25) is 5.75 Å². The molecule has 2 rings (SSSR count). The fourth-order valence-corrected chi connectivity index (χ4v) is 2.77. The van der Waals surface area contributed by atoms with Crippen molar-refractivity contribution in [3.8, 4) is 17.2 Å². The molecule has 1 aromatic rings. The first-order valence-corrected chi connectivity index (χ1v) is 7.45. The van der Waals surface area contributed by atoms with E-state index < -0.39 is 0 Å². The normalized spacial score (nSPS) is 21.1. The highest BCUT2D eigenvalue weighted by Crippen LogP contribution is 2.39. The van der Waals surface area contributed by atoms with E-state index in [2.05, 4.69) is 17.6 Å². The Hall–Kier alpha value is -1.95. The van der Waals surface area contributed by atoms with Gasteiger partial charge in [0.15, 0.2) is 11.5 Å². The number of nitrogens with one attached hydrogen (secondary N) is 2. The van der Waals surface area contributed by atoms with E-state index in [-0.39, 0.29) is 18.0 Å². The molecule has 122 valence electrons. The molecule has 0 spiro atoms. The van der Waals surface area contributed by atoms with Crippen LogP contribution in [0.25, 0.3) is 0 Å². The molecule has 1 aliphatic rings. The van der Waals surface area contributed by atoms with Gasteiger partial charge in [-0.05, 0) is 38.4 Å². The maximum absolute atomic E-state index is 12.6. The number of carbonyl (C=O) groups is 1. The topological polar surface area (TPSA) is 68.8 Å². The monoisotopic (exact) mass is 308 g/mol. The van der Waals surface area contributed by atoms with E-state index in [1.165, 1.54) is 14.2 Å². The summed E-state index contributed by atoms with van der Waals surface area (Å²) in [7, 11) is 4.58. The van der Waals surface area contributed by atoms with Crippen molar-refractivity contribution in [2.24, 2.45) is 0 Å². The summed E-state index contributed by atoms with van der Waals surface area (Å²) in [6, 6.07) is 3.76. The fraction of sp³-hybridized carbons (Fsp3) is 0.562. The molecule has 0 saturated carbocycles. The zero-order valence-electron chi connectivity index (χ0n) is 13.6. The van der Waals surface area contributed by atoms with Gasteiger partial charge in [-0.2, -0.15) is 0 Å². The summed E-state index contributed by atoms with van der Waals surface area (Å²) < 4.78 is 15.9. The van der Waals surface area contributed by atoms with Crippen LogP contribution in [-0.2, 0) is 0 Å². The Labute approximate surface area is 131 Å². The lowest BCUT2D eigenvalue weighted by molar-refractivity contribution is 0.0916. The van der Waals surface area contributed by atoms with E-state index in [4.69, 9.17) is 14.2 Å². The molecule has 2 N–H and O–H groups in total. The lowest BCUT2D eigenvalue weighted by Gasteiger charge is -2.30. The zero-order valence-corrected chi connectivity index (χ0v) is 13.6. The number of amides is 1. The second-order valence-electron chi connectivity index (χ2n) is 5.35. The lowest BCUT2D eigenvalue weighted by Crippen LogP contribution is -2.51. The van der Waals surface area contributed by atoms with Crippen LogP contribution in [0.2, 0.25) is 0 Å². The molecule has 0 bridgehead atoms. The Morgan fingerprint density at radius 2 is 1.91 bits per heavy atom. The number of carbonyl (C=O) groups excluding carboxylic acids is 1. The highest BCUT2D eigenvalue weighted by molar-refractivity contribution is 5.98. The first kappa shape index (κ1) is 16.4. The van der Waals surface area contributed by atoms with Crippen LogP contribution in [0.15, 0.2) is 12.1 Å². The van der Waals surface area contributed by atoms with Crippen molar-refractivity contribution in [3.63, 3.8) is 0 Å². The fourth-order valence-electron chi connectivity index (χ4n) is 2.77. The molecule has 0 aliphatic carbocycles. The third kappa shape index (κ3) is 3.27. The molecule has 6 heteroatoms. The molecule has 1 amide bonds. The van der Waals surface area contributed by atoms with E-state index in [1.807, 2.05) is 0 Å². The molecular weight excluding hydrogens is 284 g/mol. The van der Waals surface area contributed by atoms with Crippen molar-refractivity contribution in [1.29, 1.82) is 0 Å². The highest BCUT2D eigenvalue weighted by Gasteiger charge is 2.26. The Bertz CT molecular complexity index is 533. The van der Waals surface area contributed by atoms with Gasteiger partial charge in [-0.3, -0.25) is 4.79 Å². The van der Waals surface area contributed by atoms with Crippen molar-refractivity contribution in [1.82, 2.24) is 10.6 Å². The van der Waals surface area contributed by atoms with E-state index >= 15 is 0 Å². The molecule has 1 aromatic carbocycles. The molecule has 1 saturated heterocycles. The largest absolute Gasteiger partial charge is 0.493 e. The van der Waals surface area contributed by atoms with Crippen LogP contribution >= 0.6 is 0 Å². The van der Waals surface area contributed by atoms with Gasteiger partial charge >= 0.3 is 0 Å². The second kappa shape index (κ2) is 7.35. The van der Waals surface area contributed by atoms with Gasteiger partial charge in [-0.25, -0.2) is 0 Å². The summed E-state index contributed by atoms with van der Waals surface area (Å²) in [5, 5.41) is 6.44. The molecule has 1 aliphatic heterocycles. The standard InChI is InChI=1S/C16H24N2O4/c1-10-12(6-5-9-17-10)18-16(19)11-7-8-13(20-2)15(22-4)14(11)21-3/h7-8,10,12,17H,5-6,9H2,1-4H3,(H,18,19). The Balaban J connectivity index is 2.25. The number of ether oxygens (including phenoxy) is 3. The molecule has 0 aromatic heterocycles. The Morgan fingerprint density at radius 3 is 2.50 bits per heavy atom. The van der Waals surface area contributed by atoms with Gasteiger partial charge in [-0.1, -0.05) is 0 Å². The predicted octanol–water partition coefficient (Wildman–Crippen LogP) is 1.58. The van der Waals surface area contributed by atoms with Gasteiger partial charge in [0.1, 0.15) is 0 Å². The molecular formula is C16H24N2O4. The van der Waals surface area contributed by atoms with E-state index in [0.29, 0.717) is 22.8 Å². The molecule has 2 atom stereocenters. The second-order valence-corrected chi connectivity index (χ2v) is 5.35. The minimum atomic E-state index is -0.168. The predicted molar refractivity (Wildman–Crippen MR) is 84.1 cm³/mol. The summed E-state index contributed by atoms with van der Waals surface area (Å²) in [4.78, 5) is 12.6. The van der Waals surface area contributed by atoms with Crippen molar-refractivity contribution < 1.29 is 19.0 Å². The Kier molecular flexibility index (Phi) is 5.49. The van der Waals surface area contributed by atoms with Crippen molar-refractivity contribution in [2.45, 2.75) is 31.8 Å². The number of hydrogen-bond acceptors (Lipinski definition) is 5. The minimum Gasteiger partial charge on any atom is -0.493 e. The molecule has 0 radical (unpaired) electrons. The van der Waals surface area contributed by atoms with Crippen molar-refractivity contribution >= 4 is 5.91 Å². The molecule has 6 nitrogen and oxygen atoms in total. The average molecular weight is 308 g/mol. The van der Waals surface area contributed by atoms with Gasteiger partial charge in [0, 0.05) is 12.1 Å². The summed E-state index contributed by atoms with van der Waals surface area (Å²) in [5.74, 6) is 1.17. The van der Waals surface area contributed by atoms with Crippen molar-refractivity contribution in [3.05, 3.63) is 17.7 Å². The Morgan fingerprint density at radius 1 is 1.18 bits per heavy atom. The quantitative estimate of drug-likeness (QED) is 0.864. The van der Waals surface area contributed by atoms with Crippen LogP contribution in [-0.4, -0.2) is 45.9 Å². The number of benzene rings is 1. The molecule has 1 heterocycles. The minimum absolute atomic E-state index is 0.110. The van der Waals surface area contributed by atoms with Gasteiger partial charge < -0.3 is 24.8 Å². The van der Waals surface area contributed by atoms with Gasteiger partial charge in [0.05, 0.1) is 26.9 Å². The average Bonchev–Trinajstić information content (AvgIpc) is 2.55. The first-order valence-electron chi connectivity index (χ1n) is 7.45. The molecule has 1 fully saturated rings. The summed E-state index contributed by atoms with van der Waals surface area (Å²) >= 11 is 0. The summed E-state index contributed by atoms with van der Waals surface area (Å²) in [5.41, 5.74) is 0.443. The third-order valence-electron chi connectivity index (χ3n) is 4.03. The van der Waals surface area contributed by atoms with E-state index in [9.17, 15) is 4.79 Å². The van der Waals surface area contributed by atoms with Crippen LogP contribution in [0.4, 0.5) is 0 Å². The lowest BCUT2D eigenvalue weighted by atomic mass is 9.99. The van der Waals surface area contributed by atoms with E-state index in [0.717, 1.165) is 19.4 Å². The van der Waals surface area contributed by atoms with Crippen LogP contribution in [0, 0.1) is 0 Å². The van der Waals surface area contributed by atoms with Crippen LogP contribution in [0.1, 0.15) is 30.1 Å². The SMILES string of the molecule is COc1ccc(C(=O)NC2CCCNC2C)c(OC)c1OC.